The van der Waals surface area contributed by atoms with Gasteiger partial charge in [0, 0.05) is 24.9 Å². The molecule has 0 spiro atoms. The van der Waals surface area contributed by atoms with Crippen LogP contribution in [0.4, 0.5) is 0 Å². The minimum absolute atomic E-state index is 0.132. The molecule has 1 aromatic rings. The van der Waals surface area contributed by atoms with Gasteiger partial charge in [-0.25, -0.2) is 4.98 Å². The van der Waals surface area contributed by atoms with Gasteiger partial charge in [0.15, 0.2) is 0 Å². The number of aromatic nitrogens is 1. The molecule has 0 aromatic carbocycles. The van der Waals surface area contributed by atoms with Crippen LogP contribution in [0.2, 0.25) is 0 Å². The highest BCUT2D eigenvalue weighted by Gasteiger charge is 2.39. The Hall–Kier alpha value is -0.940. The Kier molecular flexibility index (Phi) is 4.12. The van der Waals surface area contributed by atoms with Crippen molar-refractivity contribution in [2.75, 3.05) is 13.1 Å². The molecule has 1 aliphatic carbocycles. The fraction of sp³-hybridized carbons (Fsp3) is 0.667. The number of thiazole rings is 1. The van der Waals surface area contributed by atoms with Gasteiger partial charge in [0.1, 0.15) is 0 Å². The van der Waals surface area contributed by atoms with Gasteiger partial charge >= 0.3 is 0 Å². The highest BCUT2D eigenvalue weighted by molar-refractivity contribution is 7.07. The van der Waals surface area contributed by atoms with Crippen LogP contribution in [-0.2, 0) is 11.2 Å². The van der Waals surface area contributed by atoms with E-state index in [1.165, 1.54) is 0 Å². The first-order chi connectivity index (χ1) is 8.27. The maximum atomic E-state index is 12.1. The molecule has 4 nitrogen and oxygen atoms in total. The zero-order valence-electron chi connectivity index (χ0n) is 9.95. The fourth-order valence-corrected chi connectivity index (χ4v) is 3.02. The van der Waals surface area contributed by atoms with E-state index in [0.29, 0.717) is 13.1 Å². The highest BCUT2D eigenvalue weighted by Crippen LogP contribution is 2.37. The Bertz CT molecular complexity index is 358. The summed E-state index contributed by atoms with van der Waals surface area (Å²) in [5.74, 6) is 0.132. The number of hydrogen-bond acceptors (Lipinski definition) is 4. The minimum atomic E-state index is -0.290. The first-order valence-corrected chi connectivity index (χ1v) is 7.06. The van der Waals surface area contributed by atoms with E-state index in [4.69, 9.17) is 5.73 Å². The van der Waals surface area contributed by atoms with Crippen LogP contribution in [0.3, 0.4) is 0 Å². The lowest BCUT2D eigenvalue weighted by molar-refractivity contribution is -0.130. The summed E-state index contributed by atoms with van der Waals surface area (Å²) in [6, 6.07) is 0. The standard InChI is InChI=1S/C12H19N3OS/c13-8-12(4-1-2-5-12)11(16)14-6-3-10-7-17-9-15-10/h7,9H,1-6,8,13H2,(H,14,16). The average Bonchev–Trinajstić information content (AvgIpc) is 3.00. The van der Waals surface area contributed by atoms with Crippen molar-refractivity contribution in [2.45, 2.75) is 32.1 Å². The first kappa shape index (κ1) is 12.5. The summed E-state index contributed by atoms with van der Waals surface area (Å²) in [6.45, 7) is 1.12. The third-order valence-electron chi connectivity index (χ3n) is 3.58. The molecule has 1 aromatic heterocycles. The van der Waals surface area contributed by atoms with Gasteiger partial charge in [0.2, 0.25) is 5.91 Å². The molecule has 0 aliphatic heterocycles. The molecule has 1 amide bonds. The quantitative estimate of drug-likeness (QED) is 0.831. The summed E-state index contributed by atoms with van der Waals surface area (Å²) in [5, 5.41) is 5.01. The third kappa shape index (κ3) is 2.84. The van der Waals surface area contributed by atoms with E-state index < -0.39 is 0 Å². The number of amides is 1. The molecule has 94 valence electrons. The van der Waals surface area contributed by atoms with Crippen LogP contribution in [0.1, 0.15) is 31.4 Å². The minimum Gasteiger partial charge on any atom is -0.355 e. The molecule has 0 atom stereocenters. The number of nitrogens with two attached hydrogens (primary N) is 1. The summed E-state index contributed by atoms with van der Waals surface area (Å²) < 4.78 is 0. The van der Waals surface area contributed by atoms with E-state index in [1.807, 2.05) is 10.9 Å². The van der Waals surface area contributed by atoms with E-state index in [2.05, 4.69) is 10.3 Å². The van der Waals surface area contributed by atoms with Crippen molar-refractivity contribution in [2.24, 2.45) is 11.1 Å². The van der Waals surface area contributed by atoms with Gasteiger partial charge in [-0.1, -0.05) is 12.8 Å². The summed E-state index contributed by atoms with van der Waals surface area (Å²) in [5.41, 5.74) is 8.33. The molecule has 0 bridgehead atoms. The lowest BCUT2D eigenvalue weighted by Gasteiger charge is -2.25. The third-order valence-corrected chi connectivity index (χ3v) is 4.22. The van der Waals surface area contributed by atoms with Crippen LogP contribution in [0.15, 0.2) is 10.9 Å². The second kappa shape index (κ2) is 5.60. The number of hydrogen-bond donors (Lipinski definition) is 2. The highest BCUT2D eigenvalue weighted by atomic mass is 32.1. The van der Waals surface area contributed by atoms with Crippen LogP contribution in [-0.4, -0.2) is 24.0 Å². The Morgan fingerprint density at radius 3 is 2.88 bits per heavy atom. The zero-order valence-corrected chi connectivity index (χ0v) is 10.8. The SMILES string of the molecule is NCC1(C(=O)NCCc2cscn2)CCCC1. The van der Waals surface area contributed by atoms with Gasteiger partial charge in [-0.05, 0) is 12.8 Å². The molecular formula is C12H19N3OS. The molecular weight excluding hydrogens is 234 g/mol. The second-order valence-electron chi connectivity index (χ2n) is 4.68. The van der Waals surface area contributed by atoms with Crippen molar-refractivity contribution < 1.29 is 4.79 Å². The van der Waals surface area contributed by atoms with Crippen molar-refractivity contribution in [1.29, 1.82) is 0 Å². The molecule has 0 saturated heterocycles. The Morgan fingerprint density at radius 1 is 1.53 bits per heavy atom. The molecule has 1 aliphatic rings. The Morgan fingerprint density at radius 2 is 2.29 bits per heavy atom. The van der Waals surface area contributed by atoms with Crippen LogP contribution in [0, 0.1) is 5.41 Å². The summed E-state index contributed by atoms with van der Waals surface area (Å²) in [4.78, 5) is 16.3. The summed E-state index contributed by atoms with van der Waals surface area (Å²) in [6.07, 6.45) is 4.92. The number of carbonyl (C=O) groups excluding carboxylic acids is 1. The molecule has 3 N–H and O–H groups in total. The number of nitrogens with one attached hydrogen (secondary N) is 1. The average molecular weight is 253 g/mol. The first-order valence-electron chi connectivity index (χ1n) is 6.12. The molecule has 2 rings (SSSR count). The molecule has 1 saturated carbocycles. The largest absolute Gasteiger partial charge is 0.355 e. The fourth-order valence-electron chi connectivity index (χ4n) is 2.43. The molecule has 5 heteroatoms. The predicted molar refractivity (Wildman–Crippen MR) is 68.8 cm³/mol. The lowest BCUT2D eigenvalue weighted by atomic mass is 9.85. The van der Waals surface area contributed by atoms with Crippen LogP contribution in [0.5, 0.6) is 0 Å². The predicted octanol–water partition coefficient (Wildman–Crippen LogP) is 1.32. The van der Waals surface area contributed by atoms with E-state index in [0.717, 1.165) is 37.8 Å². The van der Waals surface area contributed by atoms with Gasteiger partial charge in [-0.15, -0.1) is 11.3 Å². The van der Waals surface area contributed by atoms with Gasteiger partial charge in [-0.3, -0.25) is 4.79 Å². The number of carbonyl (C=O) groups is 1. The van der Waals surface area contributed by atoms with E-state index in [1.54, 1.807) is 11.3 Å². The molecule has 17 heavy (non-hydrogen) atoms. The maximum Gasteiger partial charge on any atom is 0.227 e. The molecule has 1 heterocycles. The Labute approximate surface area is 106 Å². The second-order valence-corrected chi connectivity index (χ2v) is 5.40. The van der Waals surface area contributed by atoms with E-state index in [-0.39, 0.29) is 11.3 Å². The molecule has 0 radical (unpaired) electrons. The summed E-state index contributed by atoms with van der Waals surface area (Å²) in [7, 11) is 0. The lowest BCUT2D eigenvalue weighted by Crippen LogP contribution is -2.44. The van der Waals surface area contributed by atoms with Gasteiger partial charge in [0.05, 0.1) is 16.6 Å². The number of nitrogens with zero attached hydrogens (tertiary/aromatic N) is 1. The Balaban J connectivity index is 1.80. The monoisotopic (exact) mass is 253 g/mol. The van der Waals surface area contributed by atoms with Crippen molar-refractivity contribution >= 4 is 17.2 Å². The topological polar surface area (TPSA) is 68.0 Å². The van der Waals surface area contributed by atoms with Crippen LogP contribution >= 0.6 is 11.3 Å². The van der Waals surface area contributed by atoms with E-state index >= 15 is 0 Å². The molecule has 1 fully saturated rings. The van der Waals surface area contributed by atoms with Crippen molar-refractivity contribution in [3.63, 3.8) is 0 Å². The van der Waals surface area contributed by atoms with Gasteiger partial charge in [0.25, 0.3) is 0 Å². The number of rotatable bonds is 5. The van der Waals surface area contributed by atoms with Crippen LogP contribution < -0.4 is 11.1 Å². The van der Waals surface area contributed by atoms with Crippen LogP contribution in [0.25, 0.3) is 0 Å². The van der Waals surface area contributed by atoms with Gasteiger partial charge < -0.3 is 11.1 Å². The maximum absolute atomic E-state index is 12.1. The normalized spacial score (nSPS) is 18.2. The van der Waals surface area contributed by atoms with Crippen molar-refractivity contribution in [3.05, 3.63) is 16.6 Å². The summed E-state index contributed by atoms with van der Waals surface area (Å²) >= 11 is 1.58. The smallest absolute Gasteiger partial charge is 0.227 e. The zero-order chi connectivity index (χ0) is 12.1. The van der Waals surface area contributed by atoms with Crippen molar-refractivity contribution in [3.8, 4) is 0 Å². The van der Waals surface area contributed by atoms with Crippen molar-refractivity contribution in [1.82, 2.24) is 10.3 Å². The van der Waals surface area contributed by atoms with E-state index in [9.17, 15) is 4.79 Å². The molecule has 0 unspecified atom stereocenters. The van der Waals surface area contributed by atoms with Gasteiger partial charge in [-0.2, -0.15) is 0 Å².